The number of fused-ring (bicyclic) bond motifs is 2. The van der Waals surface area contributed by atoms with Gasteiger partial charge in [-0.1, -0.05) is 12.1 Å². The third kappa shape index (κ3) is 3.45. The van der Waals surface area contributed by atoms with Crippen LogP contribution in [0.5, 0.6) is 11.5 Å². The lowest BCUT2D eigenvalue weighted by molar-refractivity contribution is -0.159. The van der Waals surface area contributed by atoms with Crippen molar-refractivity contribution in [1.29, 1.82) is 5.41 Å². The van der Waals surface area contributed by atoms with Crippen LogP contribution < -0.4 is 15.2 Å². The number of likely N-dealkylation sites (tertiary alicyclic amines) is 1. The van der Waals surface area contributed by atoms with E-state index in [1.54, 1.807) is 24.3 Å². The minimum atomic E-state index is -1.52. The zero-order valence-corrected chi connectivity index (χ0v) is 15.8. The Kier molecular flexibility index (Phi) is 4.86. The zero-order chi connectivity index (χ0) is 21.4. The molecule has 154 valence electrons. The fourth-order valence-corrected chi connectivity index (χ4v) is 3.66. The number of carbonyl (C=O) groups excluding carboxylic acids is 2. The number of nitrogens with two attached hydrogens (primary N) is 1. The van der Waals surface area contributed by atoms with E-state index in [0.717, 1.165) is 0 Å². The van der Waals surface area contributed by atoms with Crippen LogP contribution in [0.3, 0.4) is 0 Å². The summed E-state index contributed by atoms with van der Waals surface area (Å²) in [5.41, 5.74) is 6.56. The molecular weight excluding hydrogens is 390 g/mol. The Hall–Kier alpha value is -3.88. The van der Waals surface area contributed by atoms with E-state index in [-0.39, 0.29) is 28.8 Å². The van der Waals surface area contributed by atoms with Gasteiger partial charge < -0.3 is 25.2 Å². The van der Waals surface area contributed by atoms with Crippen molar-refractivity contribution >= 4 is 23.5 Å². The highest BCUT2D eigenvalue weighted by Gasteiger charge is 2.37. The highest BCUT2D eigenvalue weighted by Crippen LogP contribution is 2.34. The largest absolute Gasteiger partial charge is 0.476 e. The molecule has 0 saturated carbocycles. The van der Waals surface area contributed by atoms with Crippen LogP contribution >= 0.6 is 0 Å². The quantitative estimate of drug-likeness (QED) is 0.387. The van der Waals surface area contributed by atoms with Crippen molar-refractivity contribution in [3.05, 3.63) is 59.2 Å². The lowest BCUT2D eigenvalue weighted by Crippen LogP contribution is -2.41. The van der Waals surface area contributed by atoms with E-state index in [1.807, 2.05) is 0 Å². The van der Waals surface area contributed by atoms with Crippen molar-refractivity contribution in [2.24, 2.45) is 5.73 Å². The van der Waals surface area contributed by atoms with Gasteiger partial charge in [-0.05, 0) is 37.1 Å². The van der Waals surface area contributed by atoms with Gasteiger partial charge in [0.25, 0.3) is 5.91 Å². The lowest BCUT2D eigenvalue weighted by atomic mass is 10.00. The van der Waals surface area contributed by atoms with Gasteiger partial charge in [0.2, 0.25) is 0 Å². The van der Waals surface area contributed by atoms with E-state index in [9.17, 15) is 14.4 Å². The van der Waals surface area contributed by atoms with Gasteiger partial charge in [0, 0.05) is 23.7 Å². The fraction of sp³-hybridized carbons (Fsp3) is 0.238. The van der Waals surface area contributed by atoms with Crippen molar-refractivity contribution in [3.8, 4) is 11.5 Å². The van der Waals surface area contributed by atoms with Crippen molar-refractivity contribution < 1.29 is 29.0 Å². The second-order valence-electron chi connectivity index (χ2n) is 7.08. The number of nitrogens with one attached hydrogen (secondary N) is 1. The van der Waals surface area contributed by atoms with Gasteiger partial charge in [0.15, 0.2) is 5.78 Å². The van der Waals surface area contributed by atoms with Crippen LogP contribution in [0.1, 0.15) is 39.1 Å². The molecule has 0 aliphatic carbocycles. The van der Waals surface area contributed by atoms with Gasteiger partial charge in [0.05, 0.1) is 11.6 Å². The molecule has 0 spiro atoms. The average molecular weight is 409 g/mol. The predicted octanol–water partition coefficient (Wildman–Crippen LogP) is 1.64. The number of hydrogen-bond donors (Lipinski definition) is 3. The zero-order valence-electron chi connectivity index (χ0n) is 15.8. The number of Topliss-reactive ketones (excluding diaryl/α,β-unsaturated/α-hetero) is 1. The number of rotatable bonds is 5. The Morgan fingerprint density at radius 3 is 2.43 bits per heavy atom. The summed E-state index contributed by atoms with van der Waals surface area (Å²) in [7, 11) is 0. The Balaban J connectivity index is 1.57. The molecule has 4 rings (SSSR count). The minimum absolute atomic E-state index is 0.0933. The van der Waals surface area contributed by atoms with Crippen LogP contribution in [-0.2, 0) is 4.79 Å². The summed E-state index contributed by atoms with van der Waals surface area (Å²) in [5, 5.41) is 16.6. The molecule has 4 N–H and O–H groups in total. The number of nitrogen functional groups attached to an aromatic ring is 1. The SMILES string of the molecule is N=C(N)c1ccc(C(=O)N2CCCC2C(=O)c2ccc3cc2OC(C(=O)O)O3)cc1. The molecule has 1 amide bonds. The Bertz CT molecular complexity index is 1050. The van der Waals surface area contributed by atoms with Crippen molar-refractivity contribution in [1.82, 2.24) is 4.90 Å². The summed E-state index contributed by atoms with van der Waals surface area (Å²) in [6.45, 7) is 0.429. The lowest BCUT2D eigenvalue weighted by Gasteiger charge is -2.27. The van der Waals surface area contributed by atoms with Crippen LogP contribution in [-0.4, -0.2) is 52.4 Å². The van der Waals surface area contributed by atoms with Crippen molar-refractivity contribution in [2.75, 3.05) is 6.54 Å². The fourth-order valence-electron chi connectivity index (χ4n) is 3.66. The topological polar surface area (TPSA) is 143 Å². The molecule has 2 aliphatic heterocycles. The summed E-state index contributed by atoms with van der Waals surface area (Å²) < 4.78 is 10.4. The molecule has 2 aromatic rings. The Morgan fingerprint density at radius 2 is 1.77 bits per heavy atom. The minimum Gasteiger partial charge on any atom is -0.476 e. The molecule has 30 heavy (non-hydrogen) atoms. The van der Waals surface area contributed by atoms with E-state index in [4.69, 9.17) is 25.7 Å². The number of amides is 1. The van der Waals surface area contributed by atoms with Crippen LogP contribution in [0.25, 0.3) is 0 Å². The van der Waals surface area contributed by atoms with Crippen LogP contribution in [0.4, 0.5) is 0 Å². The molecule has 2 unspecified atom stereocenters. The molecule has 2 aliphatic rings. The molecule has 2 bridgehead atoms. The number of nitrogens with zero attached hydrogens (tertiary/aromatic N) is 1. The van der Waals surface area contributed by atoms with Gasteiger partial charge in [-0.15, -0.1) is 0 Å². The monoisotopic (exact) mass is 409 g/mol. The first-order valence-electron chi connectivity index (χ1n) is 9.35. The normalized spacial score (nSPS) is 19.5. The van der Waals surface area contributed by atoms with E-state index >= 15 is 0 Å². The first-order chi connectivity index (χ1) is 14.3. The number of carboxylic acids is 1. The van der Waals surface area contributed by atoms with Crippen LogP contribution in [0, 0.1) is 5.41 Å². The number of carbonyl (C=O) groups is 3. The highest BCUT2D eigenvalue weighted by atomic mass is 16.7. The van der Waals surface area contributed by atoms with E-state index in [2.05, 4.69) is 0 Å². The van der Waals surface area contributed by atoms with E-state index in [1.165, 1.54) is 23.1 Å². The number of amidine groups is 1. The average Bonchev–Trinajstić information content (AvgIpc) is 3.22. The van der Waals surface area contributed by atoms with Gasteiger partial charge in [-0.25, -0.2) is 4.79 Å². The molecule has 1 saturated heterocycles. The number of ether oxygens (including phenoxy) is 2. The summed E-state index contributed by atoms with van der Waals surface area (Å²) in [6, 6.07) is 10.2. The highest BCUT2D eigenvalue weighted by molar-refractivity contribution is 6.06. The number of hydrogen-bond acceptors (Lipinski definition) is 6. The third-order valence-corrected chi connectivity index (χ3v) is 5.16. The number of carboxylic acid groups (broad SMARTS) is 1. The molecule has 9 heteroatoms. The van der Waals surface area contributed by atoms with Gasteiger partial charge in [-0.2, -0.15) is 0 Å². The van der Waals surface area contributed by atoms with Crippen LogP contribution in [0.15, 0.2) is 42.5 Å². The second kappa shape index (κ2) is 7.51. The van der Waals surface area contributed by atoms with Gasteiger partial charge in [-0.3, -0.25) is 15.0 Å². The van der Waals surface area contributed by atoms with E-state index < -0.39 is 18.3 Å². The molecule has 2 heterocycles. The molecule has 2 aromatic carbocycles. The molecular formula is C21H19N3O6. The predicted molar refractivity (Wildman–Crippen MR) is 105 cm³/mol. The molecule has 2 atom stereocenters. The van der Waals surface area contributed by atoms with Crippen molar-refractivity contribution in [3.63, 3.8) is 0 Å². The smallest absolute Gasteiger partial charge is 0.387 e. The first-order valence-corrected chi connectivity index (χ1v) is 9.35. The number of benzene rings is 2. The summed E-state index contributed by atoms with van der Waals surface area (Å²) in [6.07, 6.45) is -0.354. The standard InChI is InChI=1S/C21H19N3O6/c22-18(23)11-3-5-12(6-4-11)19(26)24-9-1-2-15(24)17(25)14-8-7-13-10-16(14)30-21(29-13)20(27)28/h3-8,10,15,21H,1-2,9H2,(H3,22,23)(H,27,28). The summed E-state index contributed by atoms with van der Waals surface area (Å²) in [4.78, 5) is 38.9. The first kappa shape index (κ1) is 19.4. The number of ketones is 1. The second-order valence-corrected chi connectivity index (χ2v) is 7.08. The molecule has 9 nitrogen and oxygen atoms in total. The maximum absolute atomic E-state index is 13.2. The Morgan fingerprint density at radius 1 is 1.07 bits per heavy atom. The number of aliphatic carboxylic acids is 1. The maximum atomic E-state index is 13.2. The van der Waals surface area contributed by atoms with Gasteiger partial charge >= 0.3 is 12.3 Å². The summed E-state index contributed by atoms with van der Waals surface area (Å²) in [5.74, 6) is -1.57. The molecule has 0 radical (unpaired) electrons. The third-order valence-electron chi connectivity index (χ3n) is 5.16. The van der Waals surface area contributed by atoms with E-state index in [0.29, 0.717) is 36.3 Å². The van der Waals surface area contributed by atoms with Crippen molar-refractivity contribution in [2.45, 2.75) is 25.2 Å². The Labute approximate surface area is 171 Å². The maximum Gasteiger partial charge on any atom is 0.387 e. The van der Waals surface area contributed by atoms with Gasteiger partial charge in [0.1, 0.15) is 17.3 Å². The molecule has 1 fully saturated rings. The summed E-state index contributed by atoms with van der Waals surface area (Å²) >= 11 is 0. The van der Waals surface area contributed by atoms with Crippen LogP contribution in [0.2, 0.25) is 0 Å². The molecule has 0 aromatic heterocycles.